The highest BCUT2D eigenvalue weighted by atomic mass is 19.4. The molecule has 0 unspecified atom stereocenters. The SMILES string of the molecule is Cc1cccc(-c2c(NC3CCC(O)CC3)nc(C(F)(F)F)nc2-c2ccc(F)cc2)c1. The van der Waals surface area contributed by atoms with Gasteiger partial charge in [0.1, 0.15) is 11.6 Å². The molecule has 8 heteroatoms. The first-order valence-electron chi connectivity index (χ1n) is 10.5. The van der Waals surface area contributed by atoms with Gasteiger partial charge < -0.3 is 10.4 Å². The van der Waals surface area contributed by atoms with Crippen LogP contribution in [0.4, 0.5) is 23.4 Å². The maximum Gasteiger partial charge on any atom is 0.451 e. The standard InChI is InChI=1S/C24H23F4N3O/c1-14-3-2-4-16(13-14)20-21(15-5-7-17(25)8-6-15)30-23(24(26,27)28)31-22(20)29-18-9-11-19(32)12-10-18/h2-8,13,18-19,32H,9-12H2,1H3,(H,29,30,31). The maximum absolute atomic E-state index is 13.7. The second kappa shape index (κ2) is 8.86. The fraction of sp³-hybridized carbons (Fsp3) is 0.333. The predicted molar refractivity (Wildman–Crippen MR) is 114 cm³/mol. The third kappa shape index (κ3) is 4.91. The minimum absolute atomic E-state index is 0.0799. The highest BCUT2D eigenvalue weighted by Crippen LogP contribution is 2.40. The number of aliphatic hydroxyl groups is 1. The highest BCUT2D eigenvalue weighted by Gasteiger charge is 2.37. The van der Waals surface area contributed by atoms with E-state index in [9.17, 15) is 22.7 Å². The molecule has 1 heterocycles. The number of aliphatic hydroxyl groups excluding tert-OH is 1. The summed E-state index contributed by atoms with van der Waals surface area (Å²) in [5.74, 6) is -1.67. The Balaban J connectivity index is 1.92. The van der Waals surface area contributed by atoms with Crippen LogP contribution in [0.3, 0.4) is 0 Å². The van der Waals surface area contributed by atoms with Gasteiger partial charge in [-0.1, -0.05) is 29.8 Å². The van der Waals surface area contributed by atoms with E-state index in [0.29, 0.717) is 42.4 Å². The van der Waals surface area contributed by atoms with Crippen LogP contribution >= 0.6 is 0 Å². The summed E-state index contributed by atoms with van der Waals surface area (Å²) in [6.07, 6.45) is -2.77. The van der Waals surface area contributed by atoms with Gasteiger partial charge in [-0.3, -0.25) is 0 Å². The van der Waals surface area contributed by atoms with Gasteiger partial charge in [0.25, 0.3) is 0 Å². The van der Waals surface area contributed by atoms with E-state index in [1.807, 2.05) is 25.1 Å². The topological polar surface area (TPSA) is 58.0 Å². The average molecular weight is 445 g/mol. The zero-order chi connectivity index (χ0) is 22.9. The Morgan fingerprint density at radius 1 is 0.938 bits per heavy atom. The number of aromatic nitrogens is 2. The van der Waals surface area contributed by atoms with Crippen molar-refractivity contribution in [3.05, 3.63) is 65.7 Å². The first-order chi connectivity index (χ1) is 15.2. The van der Waals surface area contributed by atoms with Crippen LogP contribution in [0.5, 0.6) is 0 Å². The highest BCUT2D eigenvalue weighted by molar-refractivity contribution is 5.88. The molecule has 1 saturated carbocycles. The molecule has 0 amide bonds. The number of halogens is 4. The first-order valence-corrected chi connectivity index (χ1v) is 10.5. The fourth-order valence-electron chi connectivity index (χ4n) is 4.00. The van der Waals surface area contributed by atoms with Crippen molar-refractivity contribution in [1.82, 2.24) is 9.97 Å². The maximum atomic E-state index is 13.7. The quantitative estimate of drug-likeness (QED) is 0.484. The van der Waals surface area contributed by atoms with Gasteiger partial charge in [0, 0.05) is 11.6 Å². The number of hydrogen-bond acceptors (Lipinski definition) is 4. The smallest absolute Gasteiger partial charge is 0.393 e. The summed E-state index contributed by atoms with van der Waals surface area (Å²) in [5, 5.41) is 13.0. The van der Waals surface area contributed by atoms with Crippen LogP contribution < -0.4 is 5.32 Å². The van der Waals surface area contributed by atoms with Gasteiger partial charge in [-0.2, -0.15) is 13.2 Å². The van der Waals surface area contributed by atoms with Gasteiger partial charge in [0.2, 0.25) is 5.82 Å². The van der Waals surface area contributed by atoms with Crippen LogP contribution in [0.2, 0.25) is 0 Å². The van der Waals surface area contributed by atoms with Crippen LogP contribution in [0.15, 0.2) is 48.5 Å². The van der Waals surface area contributed by atoms with Gasteiger partial charge in [-0.05, 0) is 62.4 Å². The second-order valence-corrected chi connectivity index (χ2v) is 8.14. The van der Waals surface area contributed by atoms with E-state index in [1.165, 1.54) is 24.3 Å². The molecule has 2 N–H and O–H groups in total. The van der Waals surface area contributed by atoms with Gasteiger partial charge in [-0.15, -0.1) is 0 Å². The van der Waals surface area contributed by atoms with E-state index in [-0.39, 0.29) is 17.6 Å². The van der Waals surface area contributed by atoms with Crippen LogP contribution in [-0.2, 0) is 6.18 Å². The van der Waals surface area contributed by atoms with E-state index in [1.54, 1.807) is 6.07 Å². The first kappa shape index (κ1) is 22.2. The lowest BCUT2D eigenvalue weighted by Crippen LogP contribution is -2.29. The lowest BCUT2D eigenvalue weighted by molar-refractivity contribution is -0.144. The van der Waals surface area contributed by atoms with Gasteiger partial charge >= 0.3 is 6.18 Å². The van der Waals surface area contributed by atoms with Crippen molar-refractivity contribution < 1.29 is 22.7 Å². The normalized spacial score (nSPS) is 19.1. The summed E-state index contributed by atoms with van der Waals surface area (Å²) in [7, 11) is 0. The van der Waals surface area contributed by atoms with E-state index >= 15 is 0 Å². The molecule has 32 heavy (non-hydrogen) atoms. The van der Waals surface area contributed by atoms with Crippen molar-refractivity contribution in [2.75, 3.05) is 5.32 Å². The molecule has 1 aliphatic carbocycles. The monoisotopic (exact) mass is 445 g/mol. The van der Waals surface area contributed by atoms with Crippen molar-refractivity contribution in [2.45, 2.75) is 50.9 Å². The Hall–Kier alpha value is -3.00. The fourth-order valence-corrected chi connectivity index (χ4v) is 4.00. The van der Waals surface area contributed by atoms with Crippen LogP contribution in [0, 0.1) is 12.7 Å². The summed E-state index contributed by atoms with van der Waals surface area (Å²) < 4.78 is 54.7. The molecule has 0 saturated heterocycles. The lowest BCUT2D eigenvalue weighted by Gasteiger charge is -2.28. The molecular weight excluding hydrogens is 422 g/mol. The Morgan fingerprint density at radius 2 is 1.62 bits per heavy atom. The summed E-state index contributed by atoms with van der Waals surface area (Å²) in [4.78, 5) is 7.76. The summed E-state index contributed by atoms with van der Waals surface area (Å²) in [5.41, 5.74) is 2.46. The Morgan fingerprint density at radius 3 is 2.25 bits per heavy atom. The molecule has 3 aromatic rings. The Labute approximate surface area is 183 Å². The molecule has 1 aromatic heterocycles. The number of aryl methyl sites for hydroxylation is 1. The van der Waals surface area contributed by atoms with Gasteiger partial charge in [0.15, 0.2) is 0 Å². The largest absolute Gasteiger partial charge is 0.451 e. The number of anilines is 1. The van der Waals surface area contributed by atoms with Crippen LogP contribution in [0.1, 0.15) is 37.1 Å². The van der Waals surface area contributed by atoms with E-state index < -0.39 is 23.9 Å². The molecule has 0 radical (unpaired) electrons. The zero-order valence-electron chi connectivity index (χ0n) is 17.5. The third-order valence-corrected chi connectivity index (χ3v) is 5.62. The molecule has 4 rings (SSSR count). The van der Waals surface area contributed by atoms with Crippen molar-refractivity contribution in [1.29, 1.82) is 0 Å². The van der Waals surface area contributed by atoms with Crippen molar-refractivity contribution >= 4 is 5.82 Å². The molecule has 1 fully saturated rings. The number of benzene rings is 2. The molecule has 0 bridgehead atoms. The van der Waals surface area contributed by atoms with E-state index in [4.69, 9.17) is 0 Å². The average Bonchev–Trinajstić information content (AvgIpc) is 2.75. The third-order valence-electron chi connectivity index (χ3n) is 5.62. The number of nitrogens with one attached hydrogen (secondary N) is 1. The molecule has 2 aromatic carbocycles. The molecule has 4 nitrogen and oxygen atoms in total. The van der Waals surface area contributed by atoms with E-state index in [0.717, 1.165) is 5.56 Å². The Bertz CT molecular complexity index is 1090. The summed E-state index contributed by atoms with van der Waals surface area (Å²) in [6.45, 7) is 1.89. The molecule has 1 aliphatic rings. The van der Waals surface area contributed by atoms with Crippen LogP contribution in [-0.4, -0.2) is 27.2 Å². The van der Waals surface area contributed by atoms with Crippen LogP contribution in [0.25, 0.3) is 22.4 Å². The molecule has 168 valence electrons. The van der Waals surface area contributed by atoms with E-state index in [2.05, 4.69) is 15.3 Å². The molecule has 0 aliphatic heterocycles. The number of rotatable bonds is 4. The lowest BCUT2D eigenvalue weighted by atomic mass is 9.92. The van der Waals surface area contributed by atoms with Crippen molar-refractivity contribution in [3.63, 3.8) is 0 Å². The van der Waals surface area contributed by atoms with Crippen molar-refractivity contribution in [2.24, 2.45) is 0 Å². The van der Waals surface area contributed by atoms with Crippen molar-refractivity contribution in [3.8, 4) is 22.4 Å². The number of alkyl halides is 3. The zero-order valence-corrected chi connectivity index (χ0v) is 17.5. The molecule has 0 atom stereocenters. The minimum Gasteiger partial charge on any atom is -0.393 e. The van der Waals surface area contributed by atoms with Gasteiger partial charge in [0.05, 0.1) is 17.4 Å². The summed E-state index contributed by atoms with van der Waals surface area (Å²) in [6, 6.07) is 12.4. The molecule has 0 spiro atoms. The minimum atomic E-state index is -4.75. The molecular formula is C24H23F4N3O. The number of hydrogen-bond donors (Lipinski definition) is 2. The number of nitrogens with zero attached hydrogens (tertiary/aromatic N) is 2. The van der Waals surface area contributed by atoms with Gasteiger partial charge in [-0.25, -0.2) is 14.4 Å². The Kier molecular flexibility index (Phi) is 6.15. The second-order valence-electron chi connectivity index (χ2n) is 8.14. The summed E-state index contributed by atoms with van der Waals surface area (Å²) >= 11 is 0. The predicted octanol–water partition coefficient (Wildman–Crippen LogP) is 5.99.